The number of carbonyl (C=O) groups excluding carboxylic acids is 1. The molecule has 3 N–H and O–H groups in total. The summed E-state index contributed by atoms with van der Waals surface area (Å²) in [4.78, 5) is 25.2. The lowest BCUT2D eigenvalue weighted by atomic mass is 9.96. The number of nitrogens with two attached hydrogens (primary N) is 1. The first-order valence-corrected chi connectivity index (χ1v) is 8.67. The normalized spacial score (nSPS) is 11.3. The maximum absolute atomic E-state index is 12.3. The first-order chi connectivity index (χ1) is 12.1. The van der Waals surface area contributed by atoms with Crippen molar-refractivity contribution in [3.05, 3.63) is 59.2 Å². The molecule has 5 nitrogen and oxygen atoms in total. The molecule has 0 heterocycles. The van der Waals surface area contributed by atoms with Gasteiger partial charge in [-0.15, -0.1) is 0 Å². The van der Waals surface area contributed by atoms with Crippen LogP contribution in [-0.4, -0.2) is 22.5 Å². The summed E-state index contributed by atoms with van der Waals surface area (Å²) in [6.07, 6.45) is 1.31. The molecule has 0 saturated heterocycles. The number of hydrogen-bond acceptors (Lipinski definition) is 3. The van der Waals surface area contributed by atoms with Gasteiger partial charge in [-0.1, -0.05) is 19.1 Å². The van der Waals surface area contributed by atoms with E-state index in [1.54, 1.807) is 23.1 Å². The van der Waals surface area contributed by atoms with E-state index in [9.17, 15) is 14.7 Å². The Balaban J connectivity index is 2.41. The van der Waals surface area contributed by atoms with Crippen LogP contribution >= 0.6 is 0 Å². The molecular weight excluding hydrogens is 328 g/mol. The van der Waals surface area contributed by atoms with Crippen molar-refractivity contribution >= 4 is 23.3 Å². The summed E-state index contributed by atoms with van der Waals surface area (Å²) in [7, 11) is 0. The Bertz CT molecular complexity index is 805. The molecule has 0 spiro atoms. The van der Waals surface area contributed by atoms with Crippen LogP contribution in [0.5, 0.6) is 0 Å². The van der Waals surface area contributed by atoms with Gasteiger partial charge in [0.15, 0.2) is 0 Å². The second kappa shape index (κ2) is 7.70. The number of carboxylic acid groups (broad SMARTS) is 1. The van der Waals surface area contributed by atoms with Crippen LogP contribution in [0.2, 0.25) is 0 Å². The summed E-state index contributed by atoms with van der Waals surface area (Å²) in [6, 6.07) is 12.7. The average Bonchev–Trinajstić information content (AvgIpc) is 2.54. The van der Waals surface area contributed by atoms with E-state index >= 15 is 0 Å². The number of carboxylic acids is 1. The Morgan fingerprint density at radius 3 is 2.12 bits per heavy atom. The molecular formula is C21H26N2O3. The first-order valence-electron chi connectivity index (χ1n) is 8.67. The van der Waals surface area contributed by atoms with Crippen molar-refractivity contribution in [3.63, 3.8) is 0 Å². The van der Waals surface area contributed by atoms with Gasteiger partial charge in [0.25, 0.3) is 0 Å². The number of benzene rings is 2. The van der Waals surface area contributed by atoms with Crippen molar-refractivity contribution in [2.45, 2.75) is 46.1 Å². The largest absolute Gasteiger partial charge is 0.478 e. The summed E-state index contributed by atoms with van der Waals surface area (Å²) in [5, 5.41) is 9.29. The maximum atomic E-state index is 12.3. The molecule has 0 radical (unpaired) electrons. The van der Waals surface area contributed by atoms with Crippen molar-refractivity contribution in [3.8, 4) is 0 Å². The van der Waals surface area contributed by atoms with Gasteiger partial charge < -0.3 is 10.8 Å². The summed E-state index contributed by atoms with van der Waals surface area (Å²) < 4.78 is 0. The van der Waals surface area contributed by atoms with Crippen molar-refractivity contribution < 1.29 is 14.7 Å². The molecule has 5 heteroatoms. The zero-order chi connectivity index (χ0) is 19.5. The molecule has 0 unspecified atom stereocenters. The molecule has 2 aromatic rings. The second-order valence-electron chi connectivity index (χ2n) is 7.19. The van der Waals surface area contributed by atoms with E-state index < -0.39 is 5.97 Å². The lowest BCUT2D eigenvalue weighted by Crippen LogP contribution is -2.34. The minimum absolute atomic E-state index is 0.137. The Morgan fingerprint density at radius 1 is 1.08 bits per heavy atom. The SMILES string of the molecule is CCc1cc(N(C(C)=O)c2ccc(CC(C)(C)N)cc2)ccc1C(=O)O. The van der Waals surface area contributed by atoms with Gasteiger partial charge >= 0.3 is 5.97 Å². The van der Waals surface area contributed by atoms with E-state index in [1.165, 1.54) is 6.92 Å². The molecule has 0 aliphatic heterocycles. The summed E-state index contributed by atoms with van der Waals surface area (Å²) >= 11 is 0. The highest BCUT2D eigenvalue weighted by Crippen LogP contribution is 2.29. The molecule has 138 valence electrons. The Hall–Kier alpha value is -2.66. The van der Waals surface area contributed by atoms with E-state index in [2.05, 4.69) is 0 Å². The Morgan fingerprint density at radius 2 is 1.65 bits per heavy atom. The first kappa shape index (κ1) is 19.7. The number of nitrogens with zero attached hydrogens (tertiary/aromatic N) is 1. The van der Waals surface area contributed by atoms with Crippen LogP contribution < -0.4 is 10.6 Å². The van der Waals surface area contributed by atoms with Gasteiger partial charge in [-0.25, -0.2) is 4.79 Å². The molecule has 2 aromatic carbocycles. The highest BCUT2D eigenvalue weighted by atomic mass is 16.4. The zero-order valence-corrected chi connectivity index (χ0v) is 15.7. The third kappa shape index (κ3) is 4.70. The van der Waals surface area contributed by atoms with E-state index in [0.29, 0.717) is 17.7 Å². The molecule has 0 aliphatic rings. The van der Waals surface area contributed by atoms with Crippen LogP contribution in [0.4, 0.5) is 11.4 Å². The minimum atomic E-state index is -0.962. The van der Waals surface area contributed by atoms with Crippen molar-refractivity contribution in [2.24, 2.45) is 5.73 Å². The third-order valence-electron chi connectivity index (χ3n) is 4.13. The number of aromatic carboxylic acids is 1. The van der Waals surface area contributed by atoms with Gasteiger partial charge in [0, 0.05) is 23.8 Å². The lowest BCUT2D eigenvalue weighted by molar-refractivity contribution is -0.115. The van der Waals surface area contributed by atoms with Gasteiger partial charge in [-0.05, 0) is 68.1 Å². The fourth-order valence-electron chi connectivity index (χ4n) is 3.02. The molecule has 0 saturated carbocycles. The van der Waals surface area contributed by atoms with Gasteiger partial charge in [0.2, 0.25) is 5.91 Å². The predicted octanol–water partition coefficient (Wildman–Crippen LogP) is 3.91. The predicted molar refractivity (Wildman–Crippen MR) is 104 cm³/mol. The van der Waals surface area contributed by atoms with Crippen LogP contribution in [0.15, 0.2) is 42.5 Å². The zero-order valence-electron chi connectivity index (χ0n) is 15.7. The molecule has 0 fully saturated rings. The number of rotatable bonds is 6. The van der Waals surface area contributed by atoms with Crippen molar-refractivity contribution in [1.29, 1.82) is 0 Å². The number of aryl methyl sites for hydroxylation is 1. The lowest BCUT2D eigenvalue weighted by Gasteiger charge is -2.23. The molecule has 2 rings (SSSR count). The van der Waals surface area contributed by atoms with Crippen LogP contribution in [0.3, 0.4) is 0 Å². The molecule has 0 aromatic heterocycles. The number of anilines is 2. The van der Waals surface area contributed by atoms with Gasteiger partial charge in [0.1, 0.15) is 0 Å². The molecule has 0 aliphatic carbocycles. The topological polar surface area (TPSA) is 83.6 Å². The second-order valence-corrected chi connectivity index (χ2v) is 7.19. The average molecular weight is 354 g/mol. The van der Waals surface area contributed by atoms with E-state index in [0.717, 1.165) is 17.7 Å². The highest BCUT2D eigenvalue weighted by Gasteiger charge is 2.18. The van der Waals surface area contributed by atoms with Crippen LogP contribution in [0.1, 0.15) is 49.2 Å². The van der Waals surface area contributed by atoms with Crippen LogP contribution in [-0.2, 0) is 17.6 Å². The molecule has 0 atom stereocenters. The van der Waals surface area contributed by atoms with E-state index in [-0.39, 0.29) is 17.0 Å². The quantitative estimate of drug-likeness (QED) is 0.824. The molecule has 0 bridgehead atoms. The smallest absolute Gasteiger partial charge is 0.335 e. The minimum Gasteiger partial charge on any atom is -0.478 e. The van der Waals surface area contributed by atoms with Crippen LogP contribution in [0.25, 0.3) is 0 Å². The summed E-state index contributed by atoms with van der Waals surface area (Å²) in [5.74, 6) is -1.10. The number of carbonyl (C=O) groups is 2. The summed E-state index contributed by atoms with van der Waals surface area (Å²) in [6.45, 7) is 7.33. The number of amides is 1. The van der Waals surface area contributed by atoms with Crippen molar-refractivity contribution in [2.75, 3.05) is 4.90 Å². The van der Waals surface area contributed by atoms with Gasteiger partial charge in [0.05, 0.1) is 5.56 Å². The van der Waals surface area contributed by atoms with Crippen LogP contribution in [0, 0.1) is 0 Å². The Kier molecular flexibility index (Phi) is 5.83. The Labute approximate surface area is 154 Å². The monoisotopic (exact) mass is 354 g/mol. The third-order valence-corrected chi connectivity index (χ3v) is 4.13. The van der Waals surface area contributed by atoms with E-state index in [1.807, 2.05) is 45.0 Å². The van der Waals surface area contributed by atoms with E-state index in [4.69, 9.17) is 5.73 Å². The number of hydrogen-bond donors (Lipinski definition) is 2. The fourth-order valence-corrected chi connectivity index (χ4v) is 3.02. The highest BCUT2D eigenvalue weighted by molar-refractivity contribution is 6.00. The van der Waals surface area contributed by atoms with Gasteiger partial charge in [-0.3, -0.25) is 9.69 Å². The fraction of sp³-hybridized carbons (Fsp3) is 0.333. The standard InChI is InChI=1S/C21H26N2O3/c1-5-16-12-18(10-11-19(16)20(25)26)23(14(2)24)17-8-6-15(7-9-17)13-21(3,4)22/h6-12H,5,13,22H2,1-4H3,(H,25,26). The molecule has 1 amide bonds. The summed E-state index contributed by atoms with van der Waals surface area (Å²) in [5.41, 5.74) is 9.22. The van der Waals surface area contributed by atoms with Crippen molar-refractivity contribution in [1.82, 2.24) is 0 Å². The van der Waals surface area contributed by atoms with Gasteiger partial charge in [-0.2, -0.15) is 0 Å². The maximum Gasteiger partial charge on any atom is 0.335 e. The molecule has 26 heavy (non-hydrogen) atoms.